The molecule has 0 heterocycles. The van der Waals surface area contributed by atoms with Crippen LogP contribution < -0.4 is 68.9 Å². The van der Waals surface area contributed by atoms with E-state index in [9.17, 15) is 23.1 Å². The summed E-state index contributed by atoms with van der Waals surface area (Å²) in [5.41, 5.74) is -3.43. The van der Waals surface area contributed by atoms with Gasteiger partial charge in [-0.3, -0.25) is 0 Å². The maximum Gasteiger partial charge on any atom is 1.00 e. The summed E-state index contributed by atoms with van der Waals surface area (Å²) in [5.74, 6) is 1.30. The van der Waals surface area contributed by atoms with Crippen LogP contribution in [0.15, 0.2) is 59.1 Å². The van der Waals surface area contributed by atoms with E-state index in [0.29, 0.717) is 5.75 Å². The maximum atomic E-state index is 13.6. The molecule has 3 nitrogen and oxygen atoms in total. The molecule has 0 saturated carbocycles. The zero-order valence-electron chi connectivity index (χ0n) is 14.9. The first-order valence-corrected chi connectivity index (χ1v) is 10.7. The van der Waals surface area contributed by atoms with E-state index in [-0.39, 0.29) is 63.6 Å². The van der Waals surface area contributed by atoms with Crippen molar-refractivity contribution in [2.75, 3.05) is 5.75 Å². The van der Waals surface area contributed by atoms with Crippen LogP contribution in [0.2, 0.25) is 0 Å². The SMILES string of the molecule is O=P([O-])([O-])C(F)(F)c1ccc(CSC/C=C/c2ccccc2)cc1Br.[Na+].[Na+]. The minimum atomic E-state index is -6.07. The van der Waals surface area contributed by atoms with Gasteiger partial charge < -0.3 is 14.4 Å². The number of rotatable bonds is 7. The number of alkyl halides is 2. The van der Waals surface area contributed by atoms with Gasteiger partial charge in [0.1, 0.15) is 0 Å². The van der Waals surface area contributed by atoms with Crippen molar-refractivity contribution in [2.24, 2.45) is 0 Å². The van der Waals surface area contributed by atoms with Gasteiger partial charge in [-0.15, -0.1) is 0 Å². The van der Waals surface area contributed by atoms with Gasteiger partial charge in [0.15, 0.2) is 0 Å². The predicted octanol–water partition coefficient (Wildman–Crippen LogP) is -1.63. The van der Waals surface area contributed by atoms with Crippen molar-refractivity contribution in [3.63, 3.8) is 0 Å². The summed E-state index contributed by atoms with van der Waals surface area (Å²) in [6.45, 7) is 0. The average molecular weight is 493 g/mol. The molecular formula is C17H14BrF2Na2O3PS. The summed E-state index contributed by atoms with van der Waals surface area (Å²) in [5, 5.41) is 0. The first-order valence-electron chi connectivity index (χ1n) is 7.20. The van der Waals surface area contributed by atoms with E-state index in [1.807, 2.05) is 42.5 Å². The topological polar surface area (TPSA) is 63.2 Å². The zero-order chi connectivity index (χ0) is 18.5. The van der Waals surface area contributed by atoms with Gasteiger partial charge in [-0.25, -0.2) is 0 Å². The summed E-state index contributed by atoms with van der Waals surface area (Å²) >= 11 is 4.51. The molecule has 27 heavy (non-hydrogen) atoms. The Hall–Kier alpha value is 1.02. The van der Waals surface area contributed by atoms with Gasteiger partial charge in [-0.2, -0.15) is 20.5 Å². The fourth-order valence-corrected chi connectivity index (χ4v) is 4.12. The molecule has 0 unspecified atom stereocenters. The molecule has 0 aliphatic rings. The van der Waals surface area contributed by atoms with E-state index in [1.54, 1.807) is 11.8 Å². The summed E-state index contributed by atoms with van der Waals surface area (Å²) in [6.07, 6.45) is 4.00. The largest absolute Gasteiger partial charge is 1.00 e. The Balaban J connectivity index is 0.00000338. The molecule has 0 amide bonds. The van der Waals surface area contributed by atoms with Crippen LogP contribution in [0.25, 0.3) is 6.08 Å². The smallest absolute Gasteiger partial charge is 0.806 e. The maximum absolute atomic E-state index is 13.6. The van der Waals surface area contributed by atoms with Crippen LogP contribution in [-0.2, 0) is 16.0 Å². The Kier molecular flexibility index (Phi) is 13.1. The number of benzene rings is 2. The quantitative estimate of drug-likeness (QED) is 0.264. The number of halogens is 3. The van der Waals surface area contributed by atoms with Gasteiger partial charge >= 0.3 is 59.1 Å². The molecule has 0 radical (unpaired) electrons. The second kappa shape index (κ2) is 12.7. The normalized spacial score (nSPS) is 11.7. The van der Waals surface area contributed by atoms with Crippen LogP contribution in [0.4, 0.5) is 8.78 Å². The Bertz CT molecular complexity index is 804. The molecule has 2 aromatic carbocycles. The fourth-order valence-electron chi connectivity index (χ4n) is 2.03. The third-order valence-corrected chi connectivity index (χ3v) is 5.84. The van der Waals surface area contributed by atoms with E-state index in [2.05, 4.69) is 15.9 Å². The zero-order valence-corrected chi connectivity index (χ0v) is 22.2. The van der Waals surface area contributed by atoms with E-state index < -0.39 is 18.8 Å². The second-order valence-corrected chi connectivity index (χ2v) is 8.62. The molecule has 2 aromatic rings. The van der Waals surface area contributed by atoms with Crippen molar-refractivity contribution in [3.8, 4) is 0 Å². The van der Waals surface area contributed by atoms with Crippen LogP contribution in [0.1, 0.15) is 16.7 Å². The summed E-state index contributed by atoms with van der Waals surface area (Å²) in [6, 6.07) is 13.6. The van der Waals surface area contributed by atoms with E-state index in [0.717, 1.165) is 22.9 Å². The first-order chi connectivity index (χ1) is 11.7. The molecule has 2 rings (SSSR count). The van der Waals surface area contributed by atoms with E-state index >= 15 is 0 Å². The van der Waals surface area contributed by atoms with Crippen molar-refractivity contribution in [1.82, 2.24) is 0 Å². The van der Waals surface area contributed by atoms with Gasteiger partial charge in [0.25, 0.3) is 5.66 Å². The van der Waals surface area contributed by atoms with Crippen molar-refractivity contribution in [3.05, 3.63) is 75.8 Å². The molecular weight excluding hydrogens is 479 g/mol. The summed E-state index contributed by atoms with van der Waals surface area (Å²) in [4.78, 5) is 21.5. The molecule has 134 valence electrons. The Morgan fingerprint density at radius 1 is 1.11 bits per heavy atom. The van der Waals surface area contributed by atoms with Crippen molar-refractivity contribution in [1.29, 1.82) is 0 Å². The van der Waals surface area contributed by atoms with Gasteiger partial charge in [-0.1, -0.05) is 70.5 Å². The monoisotopic (exact) mass is 492 g/mol. The third-order valence-electron chi connectivity index (χ3n) is 3.29. The van der Waals surface area contributed by atoms with Crippen molar-refractivity contribution < 1.29 is 82.2 Å². The molecule has 10 heteroatoms. The molecule has 0 spiro atoms. The van der Waals surface area contributed by atoms with Crippen LogP contribution in [0, 0.1) is 0 Å². The minimum absolute atomic E-state index is 0. The molecule has 0 aromatic heterocycles. The van der Waals surface area contributed by atoms with E-state index in [1.165, 1.54) is 12.1 Å². The van der Waals surface area contributed by atoms with Crippen LogP contribution in [0.3, 0.4) is 0 Å². The van der Waals surface area contributed by atoms with Gasteiger partial charge in [-0.05, 0) is 17.2 Å². The fraction of sp³-hybridized carbons (Fsp3) is 0.176. The van der Waals surface area contributed by atoms with Crippen molar-refractivity contribution in [2.45, 2.75) is 11.4 Å². The summed E-state index contributed by atoms with van der Waals surface area (Å²) < 4.78 is 37.9. The van der Waals surface area contributed by atoms with Crippen LogP contribution in [0.5, 0.6) is 0 Å². The molecule has 0 aliphatic carbocycles. The van der Waals surface area contributed by atoms with Crippen LogP contribution >= 0.6 is 35.3 Å². The van der Waals surface area contributed by atoms with E-state index in [4.69, 9.17) is 0 Å². The van der Waals surface area contributed by atoms with Gasteiger partial charge in [0.2, 0.25) is 0 Å². The Labute approximate surface area is 214 Å². The molecule has 0 bridgehead atoms. The number of hydrogen-bond donors (Lipinski definition) is 0. The Morgan fingerprint density at radius 3 is 2.30 bits per heavy atom. The summed E-state index contributed by atoms with van der Waals surface area (Å²) in [7, 11) is -6.07. The van der Waals surface area contributed by atoms with Crippen molar-refractivity contribution >= 4 is 41.4 Å². The molecule has 0 N–H and O–H groups in total. The third kappa shape index (κ3) is 8.35. The minimum Gasteiger partial charge on any atom is -0.806 e. The molecule has 0 atom stereocenters. The first kappa shape index (κ1) is 28.0. The predicted molar refractivity (Wildman–Crippen MR) is 97.3 cm³/mol. The standard InChI is InChI=1S/C17H16BrF2O3PS.2Na/c18-16-11-14(8-9-15(16)17(19,20)24(21,22)23)12-25-10-4-7-13-5-2-1-3-6-13;;/h1-9,11H,10,12H2,(H2,21,22,23);;/q;2*+1/p-2/b7-4+;;. The average Bonchev–Trinajstić information content (AvgIpc) is 2.54. The second-order valence-electron chi connectivity index (χ2n) is 5.18. The van der Waals surface area contributed by atoms with Crippen LogP contribution in [-0.4, -0.2) is 5.75 Å². The Morgan fingerprint density at radius 2 is 1.74 bits per heavy atom. The van der Waals surface area contributed by atoms with Gasteiger partial charge in [0, 0.05) is 29.1 Å². The molecule has 0 saturated heterocycles. The van der Waals surface area contributed by atoms with Gasteiger partial charge in [0.05, 0.1) is 0 Å². The molecule has 0 aliphatic heterocycles. The number of hydrogen-bond acceptors (Lipinski definition) is 4. The number of thioether (sulfide) groups is 1. The molecule has 0 fully saturated rings.